The Morgan fingerprint density at radius 1 is 1.17 bits per heavy atom. The number of rotatable bonds is 8. The van der Waals surface area contributed by atoms with Gasteiger partial charge in [-0.2, -0.15) is 0 Å². The van der Waals surface area contributed by atoms with Gasteiger partial charge >= 0.3 is 0 Å². The van der Waals surface area contributed by atoms with Gasteiger partial charge in [0.25, 0.3) is 0 Å². The quantitative estimate of drug-likeness (QED) is 0.692. The zero-order valence-corrected chi connectivity index (χ0v) is 12.9. The monoisotopic (exact) mass is 255 g/mol. The summed E-state index contributed by atoms with van der Waals surface area (Å²) in [6.45, 7) is 10.6. The summed E-state index contributed by atoms with van der Waals surface area (Å²) in [6, 6.07) is 0. The molecule has 18 heavy (non-hydrogen) atoms. The van der Waals surface area contributed by atoms with Gasteiger partial charge in [-0.05, 0) is 43.4 Å². The largest absolute Gasteiger partial charge is 0.389 e. The van der Waals surface area contributed by atoms with Gasteiger partial charge in [0.2, 0.25) is 0 Å². The van der Waals surface area contributed by atoms with Gasteiger partial charge < -0.3 is 10.4 Å². The molecule has 1 rings (SSSR count). The van der Waals surface area contributed by atoms with Crippen LogP contribution < -0.4 is 5.32 Å². The van der Waals surface area contributed by atoms with E-state index in [-0.39, 0.29) is 0 Å². The van der Waals surface area contributed by atoms with Gasteiger partial charge in [0.15, 0.2) is 0 Å². The maximum atomic E-state index is 10.3. The highest BCUT2D eigenvalue weighted by atomic mass is 16.3. The highest BCUT2D eigenvalue weighted by molar-refractivity contribution is 4.89. The fraction of sp³-hybridized carbons (Fsp3) is 1.00. The first-order valence-corrected chi connectivity index (χ1v) is 7.88. The van der Waals surface area contributed by atoms with E-state index in [0.717, 1.165) is 31.8 Å². The van der Waals surface area contributed by atoms with Crippen LogP contribution in [0.2, 0.25) is 0 Å². The molecule has 0 aliphatic heterocycles. The Bertz CT molecular complexity index is 227. The Labute approximate surface area is 114 Å². The molecule has 0 aromatic carbocycles. The molecule has 1 saturated carbocycles. The Hall–Kier alpha value is -0.0800. The normalized spacial score (nSPS) is 19.7. The standard InChI is InChI=1S/C16H33NO/c1-5-16(18,6-2)13-17-12-15(11-14(3)4)9-7-8-10-15/h14,17-18H,5-13H2,1-4H3. The predicted octanol–water partition coefficient (Wildman–Crippen LogP) is 3.73. The van der Waals surface area contributed by atoms with Crippen LogP contribution >= 0.6 is 0 Å². The van der Waals surface area contributed by atoms with E-state index >= 15 is 0 Å². The van der Waals surface area contributed by atoms with Crippen LogP contribution in [0.1, 0.15) is 72.6 Å². The highest BCUT2D eigenvalue weighted by Gasteiger charge is 2.34. The van der Waals surface area contributed by atoms with Crippen molar-refractivity contribution in [2.75, 3.05) is 13.1 Å². The van der Waals surface area contributed by atoms with Crippen LogP contribution in [-0.2, 0) is 0 Å². The first-order valence-electron chi connectivity index (χ1n) is 7.88. The minimum absolute atomic E-state index is 0.502. The number of aliphatic hydroxyl groups is 1. The molecule has 0 heterocycles. The second kappa shape index (κ2) is 6.91. The van der Waals surface area contributed by atoms with E-state index in [9.17, 15) is 5.11 Å². The topological polar surface area (TPSA) is 32.3 Å². The summed E-state index contributed by atoms with van der Waals surface area (Å²) in [4.78, 5) is 0. The van der Waals surface area contributed by atoms with Crippen molar-refractivity contribution in [1.82, 2.24) is 5.32 Å². The number of nitrogens with one attached hydrogen (secondary N) is 1. The molecule has 0 unspecified atom stereocenters. The third-order valence-corrected chi connectivity index (χ3v) is 4.78. The van der Waals surface area contributed by atoms with E-state index in [4.69, 9.17) is 0 Å². The Morgan fingerprint density at radius 3 is 2.17 bits per heavy atom. The molecule has 108 valence electrons. The fourth-order valence-corrected chi connectivity index (χ4v) is 3.50. The molecule has 0 atom stereocenters. The van der Waals surface area contributed by atoms with Crippen LogP contribution in [-0.4, -0.2) is 23.8 Å². The van der Waals surface area contributed by atoms with Crippen molar-refractivity contribution >= 4 is 0 Å². The lowest BCUT2D eigenvalue weighted by Crippen LogP contribution is -2.43. The first-order chi connectivity index (χ1) is 8.45. The van der Waals surface area contributed by atoms with Crippen molar-refractivity contribution in [3.05, 3.63) is 0 Å². The van der Waals surface area contributed by atoms with Crippen molar-refractivity contribution in [1.29, 1.82) is 0 Å². The average molecular weight is 255 g/mol. The van der Waals surface area contributed by atoms with Gasteiger partial charge in [0.1, 0.15) is 0 Å². The van der Waals surface area contributed by atoms with Gasteiger partial charge in [-0.15, -0.1) is 0 Å². The molecule has 0 spiro atoms. The molecule has 0 radical (unpaired) electrons. The summed E-state index contributed by atoms with van der Waals surface area (Å²) in [6.07, 6.45) is 8.53. The van der Waals surface area contributed by atoms with E-state index in [0.29, 0.717) is 5.41 Å². The van der Waals surface area contributed by atoms with Crippen LogP contribution in [0.4, 0.5) is 0 Å². The molecular formula is C16H33NO. The van der Waals surface area contributed by atoms with Crippen molar-refractivity contribution in [3.8, 4) is 0 Å². The maximum absolute atomic E-state index is 10.3. The Morgan fingerprint density at radius 2 is 1.72 bits per heavy atom. The Balaban J connectivity index is 2.43. The lowest BCUT2D eigenvalue weighted by atomic mass is 9.78. The summed E-state index contributed by atoms with van der Waals surface area (Å²) in [5.41, 5.74) is 0.00812. The predicted molar refractivity (Wildman–Crippen MR) is 78.8 cm³/mol. The zero-order valence-electron chi connectivity index (χ0n) is 12.9. The second-order valence-electron chi connectivity index (χ2n) is 6.84. The van der Waals surface area contributed by atoms with Crippen LogP contribution in [0.25, 0.3) is 0 Å². The Kier molecular flexibility index (Phi) is 6.13. The summed E-state index contributed by atoms with van der Waals surface area (Å²) in [5.74, 6) is 0.779. The molecule has 0 amide bonds. The maximum Gasteiger partial charge on any atom is 0.0766 e. The smallest absolute Gasteiger partial charge is 0.0766 e. The van der Waals surface area contributed by atoms with E-state index < -0.39 is 5.60 Å². The van der Waals surface area contributed by atoms with Crippen molar-refractivity contribution in [3.63, 3.8) is 0 Å². The van der Waals surface area contributed by atoms with Gasteiger partial charge in [0, 0.05) is 13.1 Å². The fourth-order valence-electron chi connectivity index (χ4n) is 3.50. The third-order valence-electron chi connectivity index (χ3n) is 4.78. The van der Waals surface area contributed by atoms with Crippen molar-refractivity contribution < 1.29 is 5.11 Å². The molecule has 1 fully saturated rings. The molecule has 1 aliphatic rings. The molecule has 0 saturated heterocycles. The van der Waals surface area contributed by atoms with E-state index in [1.54, 1.807) is 0 Å². The molecule has 0 aromatic heterocycles. The van der Waals surface area contributed by atoms with Crippen LogP contribution in [0, 0.1) is 11.3 Å². The molecule has 1 aliphatic carbocycles. The lowest BCUT2D eigenvalue weighted by molar-refractivity contribution is 0.0291. The van der Waals surface area contributed by atoms with Crippen molar-refractivity contribution in [2.45, 2.75) is 78.2 Å². The third kappa shape index (κ3) is 4.55. The van der Waals surface area contributed by atoms with Crippen LogP contribution in [0.15, 0.2) is 0 Å². The first kappa shape index (κ1) is 16.0. The molecular weight excluding hydrogens is 222 g/mol. The van der Waals surface area contributed by atoms with Crippen molar-refractivity contribution in [2.24, 2.45) is 11.3 Å². The summed E-state index contributed by atoms with van der Waals surface area (Å²) >= 11 is 0. The average Bonchev–Trinajstić information content (AvgIpc) is 2.76. The molecule has 0 bridgehead atoms. The minimum atomic E-state index is -0.502. The van der Waals surface area contributed by atoms with E-state index in [2.05, 4.69) is 33.0 Å². The van der Waals surface area contributed by atoms with Gasteiger partial charge in [0.05, 0.1) is 5.60 Å². The summed E-state index contributed by atoms with van der Waals surface area (Å²) in [7, 11) is 0. The summed E-state index contributed by atoms with van der Waals surface area (Å²) < 4.78 is 0. The molecule has 2 nitrogen and oxygen atoms in total. The van der Waals surface area contributed by atoms with E-state index in [1.165, 1.54) is 32.1 Å². The van der Waals surface area contributed by atoms with Gasteiger partial charge in [-0.25, -0.2) is 0 Å². The molecule has 2 N–H and O–H groups in total. The molecule has 2 heteroatoms. The van der Waals surface area contributed by atoms with Gasteiger partial charge in [-0.1, -0.05) is 40.5 Å². The van der Waals surface area contributed by atoms with Gasteiger partial charge in [-0.3, -0.25) is 0 Å². The second-order valence-corrected chi connectivity index (χ2v) is 6.84. The summed E-state index contributed by atoms with van der Waals surface area (Å²) in [5, 5.41) is 13.9. The SMILES string of the molecule is CCC(O)(CC)CNCC1(CC(C)C)CCCC1. The van der Waals surface area contributed by atoms with Crippen LogP contribution in [0.3, 0.4) is 0 Å². The molecule has 0 aromatic rings. The number of hydrogen-bond donors (Lipinski definition) is 2. The zero-order chi connectivity index (χ0) is 13.6. The van der Waals surface area contributed by atoms with E-state index in [1.807, 2.05) is 0 Å². The number of hydrogen-bond acceptors (Lipinski definition) is 2. The minimum Gasteiger partial charge on any atom is -0.389 e. The lowest BCUT2D eigenvalue weighted by Gasteiger charge is -2.33. The highest BCUT2D eigenvalue weighted by Crippen LogP contribution is 2.42. The van der Waals surface area contributed by atoms with Crippen LogP contribution in [0.5, 0.6) is 0 Å².